The topological polar surface area (TPSA) is 120 Å². The van der Waals surface area contributed by atoms with Crippen molar-refractivity contribution in [2.24, 2.45) is 0 Å². The third kappa shape index (κ3) is 7.13. The van der Waals surface area contributed by atoms with Gasteiger partial charge in [-0.25, -0.2) is 33.5 Å². The fourth-order valence-electron chi connectivity index (χ4n) is 5.63. The predicted octanol–water partition coefficient (Wildman–Crippen LogP) is 6.87. The van der Waals surface area contributed by atoms with E-state index in [-0.39, 0.29) is 29.9 Å². The summed E-state index contributed by atoms with van der Waals surface area (Å²) in [5, 5.41) is 8.80. The van der Waals surface area contributed by atoms with Gasteiger partial charge < -0.3 is 19.7 Å². The van der Waals surface area contributed by atoms with Gasteiger partial charge in [-0.1, -0.05) is 18.2 Å². The normalized spacial score (nSPS) is 14.0. The molecule has 244 valence electrons. The number of likely N-dealkylation sites (tertiary alicyclic amines) is 1. The van der Waals surface area contributed by atoms with Crippen molar-refractivity contribution in [2.45, 2.75) is 58.6 Å². The number of fused-ring (bicyclic) bond motifs is 1. The van der Waals surface area contributed by atoms with Crippen LogP contribution in [0.4, 0.5) is 25.2 Å². The van der Waals surface area contributed by atoms with Crippen LogP contribution < -0.4 is 10.1 Å². The molecule has 47 heavy (non-hydrogen) atoms. The molecule has 2 aromatic carbocycles. The van der Waals surface area contributed by atoms with E-state index in [1.807, 2.05) is 45.0 Å². The predicted molar refractivity (Wildman–Crippen MR) is 172 cm³/mol. The van der Waals surface area contributed by atoms with Crippen LogP contribution in [0.2, 0.25) is 0 Å². The first-order chi connectivity index (χ1) is 22.6. The lowest BCUT2D eigenvalue weighted by Gasteiger charge is -2.34. The molecule has 1 aliphatic rings. The Morgan fingerprint density at radius 1 is 1.06 bits per heavy atom. The molecule has 0 atom stereocenters. The van der Waals surface area contributed by atoms with Crippen LogP contribution in [-0.2, 0) is 11.3 Å². The smallest absolute Gasteiger partial charge is 0.410 e. The molecule has 0 bridgehead atoms. The summed E-state index contributed by atoms with van der Waals surface area (Å²) in [7, 11) is 0. The highest BCUT2D eigenvalue weighted by atomic mass is 19.1. The molecular weight excluding hydrogens is 606 g/mol. The summed E-state index contributed by atoms with van der Waals surface area (Å²) in [6.45, 7) is 8.51. The maximum atomic E-state index is 15.0. The number of piperidine rings is 1. The first kappa shape index (κ1) is 31.8. The second-order valence-electron chi connectivity index (χ2n) is 12.3. The number of ether oxygens (including phenoxy) is 2. The molecule has 6 rings (SSSR count). The fraction of sp³-hybridized carbons (Fsp3) is 0.353. The molecule has 4 heterocycles. The molecule has 1 aliphatic heterocycles. The lowest BCUT2D eigenvalue weighted by Crippen LogP contribution is -2.41. The fourth-order valence-corrected chi connectivity index (χ4v) is 5.63. The molecule has 0 unspecified atom stereocenters. The van der Waals surface area contributed by atoms with E-state index in [1.165, 1.54) is 18.5 Å². The van der Waals surface area contributed by atoms with Gasteiger partial charge in [-0.15, -0.1) is 0 Å². The van der Waals surface area contributed by atoms with Crippen LogP contribution in [0.1, 0.15) is 57.6 Å². The molecule has 5 aromatic rings. The molecule has 13 heteroatoms. The standard InChI is InChI=1S/C34H36F2N8O3/c1-5-46-22-16-26(35)25(27(36)17-22)19-44-28-9-7-6-8-23(28)30(42-44)32-38-18-24(31(41-32)40-29-10-13-37-20-39-29)21-11-14-43(15-12-21)33(45)47-34(2,3)4/h6-10,13,16-18,20-21H,5,11-12,14-15,19H2,1-4H3,(H,37,38,39,40,41). The van der Waals surface area contributed by atoms with Crippen molar-refractivity contribution in [3.05, 3.63) is 83.9 Å². The number of halogens is 2. The van der Waals surface area contributed by atoms with Gasteiger partial charge in [0.15, 0.2) is 5.82 Å². The molecule has 1 N–H and O–H groups in total. The number of amides is 1. The van der Waals surface area contributed by atoms with E-state index >= 15 is 8.78 Å². The van der Waals surface area contributed by atoms with Crippen molar-refractivity contribution < 1.29 is 23.0 Å². The number of anilines is 2. The Morgan fingerprint density at radius 2 is 1.81 bits per heavy atom. The summed E-state index contributed by atoms with van der Waals surface area (Å²) in [5.41, 5.74) is 1.30. The summed E-state index contributed by atoms with van der Waals surface area (Å²) in [4.78, 5) is 32.4. The number of benzene rings is 2. The zero-order chi connectivity index (χ0) is 33.1. The Kier molecular flexibility index (Phi) is 8.97. The minimum absolute atomic E-state index is 0.0620. The largest absolute Gasteiger partial charge is 0.494 e. The van der Waals surface area contributed by atoms with Crippen molar-refractivity contribution >= 4 is 28.6 Å². The summed E-state index contributed by atoms with van der Waals surface area (Å²) in [6, 6.07) is 11.5. The number of nitrogens with one attached hydrogen (secondary N) is 1. The van der Waals surface area contributed by atoms with Crippen molar-refractivity contribution in [2.75, 3.05) is 25.0 Å². The molecular formula is C34H36F2N8O3. The second kappa shape index (κ2) is 13.3. The number of aromatic nitrogens is 6. The molecule has 0 radical (unpaired) electrons. The lowest BCUT2D eigenvalue weighted by molar-refractivity contribution is 0.0205. The average molecular weight is 643 g/mol. The van der Waals surface area contributed by atoms with E-state index < -0.39 is 17.2 Å². The highest BCUT2D eigenvalue weighted by molar-refractivity contribution is 5.92. The van der Waals surface area contributed by atoms with E-state index in [1.54, 1.807) is 35.0 Å². The minimum Gasteiger partial charge on any atom is -0.494 e. The Hall–Kier alpha value is -5.20. The van der Waals surface area contributed by atoms with Gasteiger partial charge >= 0.3 is 6.09 Å². The van der Waals surface area contributed by atoms with Crippen molar-refractivity contribution in [1.82, 2.24) is 34.6 Å². The number of hydrogen-bond acceptors (Lipinski definition) is 9. The zero-order valence-electron chi connectivity index (χ0n) is 26.7. The maximum Gasteiger partial charge on any atom is 0.410 e. The van der Waals surface area contributed by atoms with Gasteiger partial charge in [-0.2, -0.15) is 5.10 Å². The maximum absolute atomic E-state index is 15.0. The number of para-hydroxylation sites is 1. The number of hydrogen-bond donors (Lipinski definition) is 1. The third-order valence-corrected chi connectivity index (χ3v) is 7.84. The summed E-state index contributed by atoms with van der Waals surface area (Å²) in [6.07, 6.45) is 5.91. The number of rotatable bonds is 8. The van der Waals surface area contributed by atoms with Gasteiger partial charge in [0, 0.05) is 54.1 Å². The van der Waals surface area contributed by atoms with Gasteiger partial charge in [0.2, 0.25) is 0 Å². The van der Waals surface area contributed by atoms with Crippen LogP contribution in [0.3, 0.4) is 0 Å². The molecule has 3 aromatic heterocycles. The van der Waals surface area contributed by atoms with Crippen LogP contribution >= 0.6 is 0 Å². The van der Waals surface area contributed by atoms with E-state index in [0.29, 0.717) is 61.2 Å². The van der Waals surface area contributed by atoms with Crippen LogP contribution in [0.25, 0.3) is 22.4 Å². The quantitative estimate of drug-likeness (QED) is 0.193. The summed E-state index contributed by atoms with van der Waals surface area (Å²) < 4.78 is 42.5. The zero-order valence-corrected chi connectivity index (χ0v) is 26.7. The van der Waals surface area contributed by atoms with E-state index in [2.05, 4.69) is 15.3 Å². The van der Waals surface area contributed by atoms with Gasteiger partial charge in [0.1, 0.15) is 46.6 Å². The lowest BCUT2D eigenvalue weighted by atomic mass is 9.90. The summed E-state index contributed by atoms with van der Waals surface area (Å²) >= 11 is 0. The number of carbonyl (C=O) groups excluding carboxylic acids is 1. The third-order valence-electron chi connectivity index (χ3n) is 7.84. The Morgan fingerprint density at radius 3 is 2.49 bits per heavy atom. The monoisotopic (exact) mass is 642 g/mol. The molecule has 0 aliphatic carbocycles. The second-order valence-corrected chi connectivity index (χ2v) is 12.3. The molecule has 1 fully saturated rings. The van der Waals surface area contributed by atoms with Crippen LogP contribution in [0.5, 0.6) is 5.75 Å². The SMILES string of the molecule is CCOc1cc(F)c(Cn2nc(-c3ncc(C4CCN(C(=O)OC(C)(C)C)CC4)c(Nc4ccncn4)n3)c3ccccc32)c(F)c1. The highest BCUT2D eigenvalue weighted by Crippen LogP contribution is 2.35. The first-order valence-corrected chi connectivity index (χ1v) is 15.5. The molecule has 0 saturated carbocycles. The molecule has 11 nitrogen and oxygen atoms in total. The van der Waals surface area contributed by atoms with E-state index in [9.17, 15) is 4.79 Å². The van der Waals surface area contributed by atoms with Crippen LogP contribution in [-0.4, -0.2) is 66.0 Å². The Labute approximate surface area is 271 Å². The van der Waals surface area contributed by atoms with E-state index in [0.717, 1.165) is 10.9 Å². The molecule has 0 spiro atoms. The van der Waals surface area contributed by atoms with Gasteiger partial charge in [0.25, 0.3) is 0 Å². The van der Waals surface area contributed by atoms with Crippen LogP contribution in [0.15, 0.2) is 61.2 Å². The van der Waals surface area contributed by atoms with Crippen molar-refractivity contribution in [1.29, 1.82) is 0 Å². The highest BCUT2D eigenvalue weighted by Gasteiger charge is 2.30. The van der Waals surface area contributed by atoms with Crippen molar-refractivity contribution in [3.8, 4) is 17.3 Å². The number of nitrogens with zero attached hydrogens (tertiary/aromatic N) is 7. The Balaban J connectivity index is 1.33. The van der Waals surface area contributed by atoms with Gasteiger partial charge in [-0.3, -0.25) is 4.68 Å². The van der Waals surface area contributed by atoms with Crippen LogP contribution in [0, 0.1) is 11.6 Å². The summed E-state index contributed by atoms with van der Waals surface area (Å²) in [5.74, 6) is 0.185. The first-order valence-electron chi connectivity index (χ1n) is 15.5. The number of carbonyl (C=O) groups is 1. The van der Waals surface area contributed by atoms with Gasteiger partial charge in [-0.05, 0) is 58.6 Å². The van der Waals surface area contributed by atoms with Crippen molar-refractivity contribution in [3.63, 3.8) is 0 Å². The van der Waals surface area contributed by atoms with E-state index in [4.69, 9.17) is 24.5 Å². The van der Waals surface area contributed by atoms with Gasteiger partial charge in [0.05, 0.1) is 18.7 Å². The average Bonchev–Trinajstić information content (AvgIpc) is 3.41. The minimum atomic E-state index is -0.718. The molecule has 1 saturated heterocycles. The molecule has 1 amide bonds. The Bertz CT molecular complexity index is 1860.